The third kappa shape index (κ3) is 5.45. The highest BCUT2D eigenvalue weighted by Crippen LogP contribution is 2.24. The summed E-state index contributed by atoms with van der Waals surface area (Å²) in [6, 6.07) is 8.25. The first-order chi connectivity index (χ1) is 11.2. The number of likely N-dealkylation sites (N-methyl/N-ethyl adjacent to an activating group) is 1. The first-order valence-electron chi connectivity index (χ1n) is 8.93. The lowest BCUT2D eigenvalue weighted by Crippen LogP contribution is -2.41. The molecule has 1 N–H and O–H groups in total. The number of nitrogens with one attached hydrogen (secondary N) is 1. The van der Waals surface area contributed by atoms with Gasteiger partial charge in [-0.25, -0.2) is 0 Å². The van der Waals surface area contributed by atoms with Crippen molar-refractivity contribution < 1.29 is 9.53 Å². The second-order valence-corrected chi connectivity index (χ2v) is 6.35. The summed E-state index contributed by atoms with van der Waals surface area (Å²) in [5.74, 6) is 0.981. The van der Waals surface area contributed by atoms with Crippen molar-refractivity contribution in [1.29, 1.82) is 0 Å². The Bertz CT molecular complexity index is 484. The zero-order valence-corrected chi connectivity index (χ0v) is 14.5. The maximum atomic E-state index is 12.4. The molecule has 1 fully saturated rings. The van der Waals surface area contributed by atoms with Gasteiger partial charge in [0, 0.05) is 13.1 Å². The standard InChI is InChI=1S/C19H30N2O2/c1-3-4-14-23-18-13-9-8-12-17(18)20-15-19(22)21(2)16-10-6-5-7-11-16/h8-9,12-13,16,20H,3-7,10-11,14-15H2,1-2H3. The van der Waals surface area contributed by atoms with Gasteiger partial charge in [0.2, 0.25) is 5.91 Å². The second kappa shape index (κ2) is 9.43. The maximum Gasteiger partial charge on any atom is 0.241 e. The lowest BCUT2D eigenvalue weighted by atomic mass is 9.94. The van der Waals surface area contributed by atoms with Gasteiger partial charge in [0.1, 0.15) is 5.75 Å². The first kappa shape index (κ1) is 17.6. The minimum Gasteiger partial charge on any atom is -0.491 e. The number of hydrogen-bond acceptors (Lipinski definition) is 3. The normalized spacial score (nSPS) is 15.2. The summed E-state index contributed by atoms with van der Waals surface area (Å²) < 4.78 is 5.80. The molecule has 0 unspecified atom stereocenters. The fourth-order valence-electron chi connectivity index (χ4n) is 3.03. The molecule has 0 saturated heterocycles. The van der Waals surface area contributed by atoms with Crippen LogP contribution in [0, 0.1) is 0 Å². The predicted octanol–water partition coefficient (Wildman–Crippen LogP) is 4.07. The molecule has 0 aromatic heterocycles. The molecule has 1 aliphatic rings. The van der Waals surface area contributed by atoms with Crippen molar-refractivity contribution >= 4 is 11.6 Å². The summed E-state index contributed by atoms with van der Waals surface area (Å²) >= 11 is 0. The van der Waals surface area contributed by atoms with Crippen LogP contribution in [0.25, 0.3) is 0 Å². The Hall–Kier alpha value is -1.71. The van der Waals surface area contributed by atoms with Crippen molar-refractivity contribution in [3.63, 3.8) is 0 Å². The van der Waals surface area contributed by atoms with Crippen LogP contribution in [0.2, 0.25) is 0 Å². The zero-order chi connectivity index (χ0) is 16.5. The molecule has 0 atom stereocenters. The van der Waals surface area contributed by atoms with E-state index < -0.39 is 0 Å². The number of para-hydroxylation sites is 2. The Morgan fingerprint density at radius 2 is 2.00 bits per heavy atom. The van der Waals surface area contributed by atoms with E-state index in [4.69, 9.17) is 4.74 Å². The van der Waals surface area contributed by atoms with Gasteiger partial charge in [0.05, 0.1) is 18.8 Å². The molecule has 23 heavy (non-hydrogen) atoms. The highest BCUT2D eigenvalue weighted by Gasteiger charge is 2.21. The number of carbonyl (C=O) groups excluding carboxylic acids is 1. The number of rotatable bonds is 8. The van der Waals surface area contributed by atoms with Gasteiger partial charge < -0.3 is 15.0 Å². The quantitative estimate of drug-likeness (QED) is 0.735. The van der Waals surface area contributed by atoms with Crippen LogP contribution in [0.5, 0.6) is 5.75 Å². The van der Waals surface area contributed by atoms with Crippen molar-refractivity contribution in [3.8, 4) is 5.75 Å². The van der Waals surface area contributed by atoms with E-state index in [-0.39, 0.29) is 5.91 Å². The van der Waals surface area contributed by atoms with Crippen LogP contribution < -0.4 is 10.1 Å². The molecule has 128 valence electrons. The van der Waals surface area contributed by atoms with Crippen molar-refractivity contribution in [3.05, 3.63) is 24.3 Å². The molecular weight excluding hydrogens is 288 g/mol. The molecule has 0 radical (unpaired) electrons. The van der Waals surface area contributed by atoms with Gasteiger partial charge in [-0.3, -0.25) is 4.79 Å². The van der Waals surface area contributed by atoms with E-state index >= 15 is 0 Å². The van der Waals surface area contributed by atoms with Crippen molar-refractivity contribution in [2.24, 2.45) is 0 Å². The average Bonchev–Trinajstić information content (AvgIpc) is 2.61. The molecule has 1 amide bonds. The van der Waals surface area contributed by atoms with Crippen LogP contribution in [0.4, 0.5) is 5.69 Å². The van der Waals surface area contributed by atoms with E-state index in [0.29, 0.717) is 19.2 Å². The summed E-state index contributed by atoms with van der Waals surface area (Å²) in [5, 5.41) is 3.24. The smallest absolute Gasteiger partial charge is 0.241 e. The van der Waals surface area contributed by atoms with Gasteiger partial charge in [0.15, 0.2) is 0 Å². The van der Waals surface area contributed by atoms with Crippen molar-refractivity contribution in [1.82, 2.24) is 4.90 Å². The number of unbranched alkanes of at least 4 members (excludes halogenated alkanes) is 1. The topological polar surface area (TPSA) is 41.6 Å². The largest absolute Gasteiger partial charge is 0.491 e. The highest BCUT2D eigenvalue weighted by molar-refractivity contribution is 5.81. The van der Waals surface area contributed by atoms with Gasteiger partial charge >= 0.3 is 0 Å². The Balaban J connectivity index is 1.85. The number of ether oxygens (including phenoxy) is 1. The van der Waals surface area contributed by atoms with Crippen LogP contribution in [0.1, 0.15) is 51.9 Å². The minimum absolute atomic E-state index is 0.153. The Morgan fingerprint density at radius 1 is 1.26 bits per heavy atom. The molecule has 0 bridgehead atoms. The summed E-state index contributed by atoms with van der Waals surface area (Å²) in [6.45, 7) is 3.18. The van der Waals surface area contributed by atoms with Crippen LogP contribution in [0.3, 0.4) is 0 Å². The van der Waals surface area contributed by atoms with Gasteiger partial charge in [-0.1, -0.05) is 44.7 Å². The fraction of sp³-hybridized carbons (Fsp3) is 0.632. The molecule has 4 nitrogen and oxygen atoms in total. The van der Waals surface area contributed by atoms with Crippen LogP contribution in [0.15, 0.2) is 24.3 Å². The van der Waals surface area contributed by atoms with Crippen LogP contribution >= 0.6 is 0 Å². The molecule has 2 rings (SSSR count). The maximum absolute atomic E-state index is 12.4. The lowest BCUT2D eigenvalue weighted by Gasteiger charge is -2.31. The van der Waals surface area contributed by atoms with E-state index in [1.54, 1.807) is 0 Å². The van der Waals surface area contributed by atoms with Crippen molar-refractivity contribution in [2.45, 2.75) is 57.9 Å². The van der Waals surface area contributed by atoms with Gasteiger partial charge in [0.25, 0.3) is 0 Å². The Kier molecular flexibility index (Phi) is 7.24. The molecular formula is C19H30N2O2. The second-order valence-electron chi connectivity index (χ2n) is 6.35. The van der Waals surface area contributed by atoms with E-state index in [9.17, 15) is 4.79 Å². The Morgan fingerprint density at radius 3 is 2.74 bits per heavy atom. The van der Waals surface area contributed by atoms with E-state index in [2.05, 4.69) is 12.2 Å². The van der Waals surface area contributed by atoms with Crippen molar-refractivity contribution in [2.75, 3.05) is 25.5 Å². The number of anilines is 1. The van der Waals surface area contributed by atoms with Crippen LogP contribution in [-0.2, 0) is 4.79 Å². The highest BCUT2D eigenvalue weighted by atomic mass is 16.5. The molecule has 1 aliphatic carbocycles. The minimum atomic E-state index is 0.153. The van der Waals surface area contributed by atoms with E-state index in [1.807, 2.05) is 36.2 Å². The molecule has 0 aliphatic heterocycles. The van der Waals surface area contributed by atoms with Gasteiger partial charge in [-0.05, 0) is 31.4 Å². The van der Waals surface area contributed by atoms with Crippen LogP contribution in [-0.4, -0.2) is 37.0 Å². The SMILES string of the molecule is CCCCOc1ccccc1NCC(=O)N(C)C1CCCCC1. The third-order valence-electron chi connectivity index (χ3n) is 4.59. The third-order valence-corrected chi connectivity index (χ3v) is 4.59. The average molecular weight is 318 g/mol. The molecule has 1 saturated carbocycles. The van der Waals surface area contributed by atoms with E-state index in [1.165, 1.54) is 19.3 Å². The molecule has 4 heteroatoms. The monoisotopic (exact) mass is 318 g/mol. The first-order valence-corrected chi connectivity index (χ1v) is 8.93. The van der Waals surface area contributed by atoms with Gasteiger partial charge in [-0.2, -0.15) is 0 Å². The number of nitrogens with zero attached hydrogens (tertiary/aromatic N) is 1. The number of amides is 1. The summed E-state index contributed by atoms with van der Waals surface area (Å²) in [7, 11) is 1.93. The fourth-order valence-corrected chi connectivity index (χ4v) is 3.03. The molecule has 1 aromatic rings. The lowest BCUT2D eigenvalue weighted by molar-refractivity contribution is -0.130. The zero-order valence-electron chi connectivity index (χ0n) is 14.5. The van der Waals surface area contributed by atoms with E-state index in [0.717, 1.165) is 37.1 Å². The number of carbonyl (C=O) groups is 1. The number of hydrogen-bond donors (Lipinski definition) is 1. The van der Waals surface area contributed by atoms with Gasteiger partial charge in [-0.15, -0.1) is 0 Å². The summed E-state index contributed by atoms with van der Waals surface area (Å²) in [6.07, 6.45) is 8.21. The Labute approximate surface area is 140 Å². The summed E-state index contributed by atoms with van der Waals surface area (Å²) in [4.78, 5) is 14.3. The predicted molar refractivity (Wildman–Crippen MR) is 95.0 cm³/mol. The molecule has 0 spiro atoms. The molecule has 0 heterocycles. The number of benzene rings is 1. The summed E-state index contributed by atoms with van der Waals surface area (Å²) in [5.41, 5.74) is 0.897. The molecule has 1 aromatic carbocycles.